The monoisotopic (exact) mass is 648 g/mol. The van der Waals surface area contributed by atoms with Gasteiger partial charge in [-0.2, -0.15) is 0 Å². The number of carbonyl (C=O) groups is 4. The molecule has 46 heavy (non-hydrogen) atoms. The number of aliphatic hydroxyl groups excluding tert-OH is 1. The maximum Gasteiger partial charge on any atom is 0.481 e. The van der Waals surface area contributed by atoms with Crippen LogP contribution in [0.4, 0.5) is 0 Å². The molecular weight excluding hydrogens is 587 g/mol. The van der Waals surface area contributed by atoms with Crippen LogP contribution in [0.15, 0.2) is 0 Å². The summed E-state index contributed by atoms with van der Waals surface area (Å²) in [4.78, 5) is 54.7. The normalized spacial score (nSPS) is 29.3. The summed E-state index contributed by atoms with van der Waals surface area (Å²) in [5.74, 6) is -1.55. The van der Waals surface area contributed by atoms with Crippen LogP contribution in [-0.2, 0) is 28.5 Å². The van der Waals surface area contributed by atoms with Gasteiger partial charge in [-0.15, -0.1) is 0 Å². The Kier molecular flexibility index (Phi) is 12.4. The average Bonchev–Trinajstić information content (AvgIpc) is 3.34. The molecule has 1 aliphatic heterocycles. The molecule has 12 heteroatoms. The minimum absolute atomic E-state index is 0.0469. The third kappa shape index (κ3) is 7.75. The Bertz CT molecular complexity index is 1120. The van der Waals surface area contributed by atoms with Crippen molar-refractivity contribution in [3.63, 3.8) is 0 Å². The van der Waals surface area contributed by atoms with E-state index >= 15 is 0 Å². The molecule has 0 aromatic carbocycles. The van der Waals surface area contributed by atoms with Crippen LogP contribution in [-0.4, -0.2) is 89.7 Å². The Morgan fingerprint density at radius 1 is 0.891 bits per heavy atom. The Labute approximate surface area is 277 Å². The molecule has 4 rings (SSSR count). The molecule has 4 N–H and O–H groups in total. The van der Waals surface area contributed by atoms with Gasteiger partial charge in [-0.1, -0.05) is 68.2 Å². The molecule has 4 amide bonds. The second-order valence-corrected chi connectivity index (χ2v) is 15.6. The average molecular weight is 649 g/mol. The second kappa shape index (κ2) is 14.9. The fourth-order valence-electron chi connectivity index (χ4n) is 7.91. The molecule has 2 bridgehead atoms. The molecule has 3 aliphatic carbocycles. The quantitative estimate of drug-likeness (QED) is 0.200. The molecule has 4 fully saturated rings. The molecule has 3 saturated carbocycles. The summed E-state index contributed by atoms with van der Waals surface area (Å²) in [7, 11) is 0.930. The first kappa shape index (κ1) is 38.3. The van der Waals surface area contributed by atoms with Gasteiger partial charge in [0.2, 0.25) is 23.6 Å². The third-order valence-electron chi connectivity index (χ3n) is 11.6. The van der Waals surface area contributed by atoms with Crippen molar-refractivity contribution in [2.24, 2.45) is 35.0 Å². The van der Waals surface area contributed by atoms with Gasteiger partial charge in [0.1, 0.15) is 18.1 Å². The van der Waals surface area contributed by atoms with Gasteiger partial charge in [-0.3, -0.25) is 19.2 Å². The van der Waals surface area contributed by atoms with Crippen molar-refractivity contribution in [2.75, 3.05) is 7.05 Å². The lowest BCUT2D eigenvalue weighted by atomic mass is 9.43. The number of aliphatic hydroxyl groups is 1. The van der Waals surface area contributed by atoms with E-state index in [4.69, 9.17) is 9.31 Å². The molecule has 0 aromatic rings. The first-order valence-corrected chi connectivity index (χ1v) is 17.5. The van der Waals surface area contributed by atoms with Crippen molar-refractivity contribution in [1.29, 1.82) is 0 Å². The van der Waals surface area contributed by atoms with Crippen LogP contribution in [0.1, 0.15) is 108 Å². The summed E-state index contributed by atoms with van der Waals surface area (Å²) in [5.41, 5.74) is -0.258. The van der Waals surface area contributed by atoms with Crippen molar-refractivity contribution in [3.05, 3.63) is 0 Å². The number of amides is 4. The molecule has 0 aromatic heterocycles. The van der Waals surface area contributed by atoms with Crippen molar-refractivity contribution in [1.82, 2.24) is 20.9 Å². The van der Waals surface area contributed by atoms with Gasteiger partial charge in [-0.05, 0) is 68.1 Å². The van der Waals surface area contributed by atoms with Gasteiger partial charge >= 0.3 is 7.12 Å². The number of nitrogens with one attached hydrogen (secondary N) is 3. The third-order valence-corrected chi connectivity index (χ3v) is 11.6. The highest BCUT2D eigenvalue weighted by Crippen LogP contribution is 2.65. The van der Waals surface area contributed by atoms with E-state index in [0.29, 0.717) is 31.1 Å². The topological polar surface area (TPSA) is 146 Å². The van der Waals surface area contributed by atoms with Crippen molar-refractivity contribution in [2.45, 2.75) is 150 Å². The molecule has 0 unspecified atom stereocenters. The van der Waals surface area contributed by atoms with Crippen LogP contribution < -0.4 is 16.0 Å². The maximum absolute atomic E-state index is 13.8. The molecule has 0 radical (unpaired) electrons. The van der Waals surface area contributed by atoms with Crippen LogP contribution in [0, 0.1) is 35.0 Å². The molecular formula is C34H61BN4O7. The number of carbonyl (C=O) groups excluding carboxylic acids is 4. The first-order chi connectivity index (χ1) is 21.3. The summed E-state index contributed by atoms with van der Waals surface area (Å²) < 4.78 is 13.2. The van der Waals surface area contributed by atoms with Crippen LogP contribution in [0.3, 0.4) is 0 Å². The standard InChI is InChI=1S/C34H61BN4O7/c1-13-19(5)27(37-32(44)29(20(6)14-2)39(12)22(8)41)30(42)38-28(21(7)40)31(43)36-26(15-18(3)4)35-45-25-17-23-16-24(33(23,9)10)34(25,11)46-35/h18-21,23-29,40H,13-17H2,1-12H3,(H,36,43)(H,37,44)(H,38,42)/t19-,20-,21+,23-,24-,25+,26-,27-,28-,29-,34-/m0/s1. The van der Waals surface area contributed by atoms with E-state index in [-0.39, 0.29) is 35.2 Å². The minimum atomic E-state index is -1.28. The van der Waals surface area contributed by atoms with E-state index in [0.717, 1.165) is 12.8 Å². The largest absolute Gasteiger partial charge is 0.481 e. The van der Waals surface area contributed by atoms with E-state index in [1.165, 1.54) is 18.7 Å². The Hall–Kier alpha value is -2.18. The highest BCUT2D eigenvalue weighted by molar-refractivity contribution is 6.48. The van der Waals surface area contributed by atoms with Gasteiger partial charge in [0.05, 0.1) is 23.8 Å². The number of hydrogen-bond acceptors (Lipinski definition) is 7. The highest BCUT2D eigenvalue weighted by atomic mass is 16.7. The van der Waals surface area contributed by atoms with Gasteiger partial charge in [0.15, 0.2) is 0 Å². The molecule has 262 valence electrons. The zero-order chi connectivity index (χ0) is 34.9. The van der Waals surface area contributed by atoms with Crippen LogP contribution >= 0.6 is 0 Å². The lowest BCUT2D eigenvalue weighted by Gasteiger charge is -2.64. The zero-order valence-electron chi connectivity index (χ0n) is 30.3. The highest BCUT2D eigenvalue weighted by Gasteiger charge is 2.68. The van der Waals surface area contributed by atoms with E-state index in [2.05, 4.69) is 50.6 Å². The van der Waals surface area contributed by atoms with Crippen LogP contribution in [0.2, 0.25) is 0 Å². The lowest BCUT2D eigenvalue weighted by Crippen LogP contribution is -2.65. The van der Waals surface area contributed by atoms with E-state index in [1.54, 1.807) is 7.05 Å². The SMILES string of the molecule is CC[C@H](C)[C@H](NC(=O)[C@H]([C@@H](C)CC)N(C)C(C)=O)C(=O)N[C@H](C(=O)N[C@@H](CC(C)C)B1O[C@@H]2C[C@@H]3C[C@@H](C3(C)C)[C@]2(C)O1)[C@@H](C)O. The number of rotatable bonds is 15. The summed E-state index contributed by atoms with van der Waals surface area (Å²) in [6.07, 6.45) is 2.60. The van der Waals surface area contributed by atoms with Gasteiger partial charge in [-0.25, -0.2) is 0 Å². The van der Waals surface area contributed by atoms with Crippen LogP contribution in [0.5, 0.6) is 0 Å². The fourth-order valence-corrected chi connectivity index (χ4v) is 7.91. The second-order valence-electron chi connectivity index (χ2n) is 15.6. The number of hydrogen-bond donors (Lipinski definition) is 4. The molecule has 11 nitrogen and oxygen atoms in total. The smallest absolute Gasteiger partial charge is 0.404 e. The molecule has 0 spiro atoms. The molecule has 11 atom stereocenters. The Morgan fingerprint density at radius 2 is 1.46 bits per heavy atom. The minimum Gasteiger partial charge on any atom is -0.404 e. The fraction of sp³-hybridized carbons (Fsp3) is 0.882. The summed E-state index contributed by atoms with van der Waals surface area (Å²) in [6, 6.07) is -3.02. The number of nitrogens with zero attached hydrogens (tertiary/aromatic N) is 1. The molecule has 1 saturated heterocycles. The molecule has 1 heterocycles. The van der Waals surface area contributed by atoms with Gasteiger partial charge in [0.25, 0.3) is 0 Å². The van der Waals surface area contributed by atoms with E-state index < -0.39 is 60.6 Å². The maximum atomic E-state index is 13.8. The lowest BCUT2D eigenvalue weighted by molar-refractivity contribution is -0.199. The summed E-state index contributed by atoms with van der Waals surface area (Å²) in [6.45, 7) is 21.3. The van der Waals surface area contributed by atoms with E-state index in [1.807, 2.05) is 27.7 Å². The summed E-state index contributed by atoms with van der Waals surface area (Å²) in [5, 5.41) is 19.4. The predicted octanol–water partition coefficient (Wildman–Crippen LogP) is 3.07. The van der Waals surface area contributed by atoms with Gasteiger partial charge in [0, 0.05) is 14.0 Å². The van der Waals surface area contributed by atoms with Crippen molar-refractivity contribution < 1.29 is 33.6 Å². The van der Waals surface area contributed by atoms with Crippen molar-refractivity contribution >= 4 is 30.7 Å². The Balaban J connectivity index is 1.77. The first-order valence-electron chi connectivity index (χ1n) is 17.5. The van der Waals surface area contributed by atoms with E-state index in [9.17, 15) is 24.3 Å². The van der Waals surface area contributed by atoms with Crippen molar-refractivity contribution in [3.8, 4) is 0 Å². The molecule has 4 aliphatic rings. The van der Waals surface area contributed by atoms with Gasteiger partial charge < -0.3 is 35.3 Å². The summed E-state index contributed by atoms with van der Waals surface area (Å²) >= 11 is 0. The predicted molar refractivity (Wildman–Crippen MR) is 178 cm³/mol. The number of likely N-dealkylation sites (N-methyl/N-ethyl adjacent to an activating group) is 1. The Morgan fingerprint density at radius 3 is 1.96 bits per heavy atom. The zero-order valence-corrected chi connectivity index (χ0v) is 30.3. The van der Waals surface area contributed by atoms with Crippen LogP contribution in [0.25, 0.3) is 0 Å².